The van der Waals surface area contributed by atoms with Gasteiger partial charge in [-0.3, -0.25) is 4.79 Å². The molecule has 0 saturated heterocycles. The SMILES string of the molecule is CCNc1ccc(Cn2ncc(N(C)CC)cc2=O)cn1. The van der Waals surface area contributed by atoms with Crippen LogP contribution in [0.3, 0.4) is 0 Å². The van der Waals surface area contributed by atoms with Crippen LogP contribution in [-0.4, -0.2) is 34.9 Å². The Morgan fingerprint density at radius 3 is 2.67 bits per heavy atom. The third kappa shape index (κ3) is 3.81. The number of rotatable bonds is 6. The van der Waals surface area contributed by atoms with Crippen LogP contribution in [0.25, 0.3) is 0 Å². The quantitative estimate of drug-likeness (QED) is 0.874. The van der Waals surface area contributed by atoms with Crippen LogP contribution in [0.1, 0.15) is 19.4 Å². The van der Waals surface area contributed by atoms with Crippen molar-refractivity contribution >= 4 is 11.5 Å². The van der Waals surface area contributed by atoms with Crippen molar-refractivity contribution in [2.24, 2.45) is 0 Å². The van der Waals surface area contributed by atoms with Gasteiger partial charge in [-0.25, -0.2) is 9.67 Å². The standard InChI is InChI=1S/C15H21N5O/c1-4-16-14-7-6-12(9-17-14)11-20-15(21)8-13(10-18-20)19(3)5-2/h6-10H,4-5,11H2,1-3H3,(H,16,17). The molecule has 0 atom stereocenters. The largest absolute Gasteiger partial charge is 0.373 e. The minimum Gasteiger partial charge on any atom is -0.373 e. The van der Waals surface area contributed by atoms with Crippen LogP contribution in [0.15, 0.2) is 35.4 Å². The Labute approximate surface area is 124 Å². The summed E-state index contributed by atoms with van der Waals surface area (Å²) >= 11 is 0. The lowest BCUT2D eigenvalue weighted by atomic mass is 10.3. The first-order valence-corrected chi connectivity index (χ1v) is 7.11. The van der Waals surface area contributed by atoms with Crippen molar-refractivity contribution in [1.82, 2.24) is 14.8 Å². The molecule has 2 aromatic heterocycles. The summed E-state index contributed by atoms with van der Waals surface area (Å²) in [7, 11) is 1.93. The van der Waals surface area contributed by atoms with Crippen molar-refractivity contribution in [2.45, 2.75) is 20.4 Å². The molecule has 0 spiro atoms. The van der Waals surface area contributed by atoms with Crippen molar-refractivity contribution in [2.75, 3.05) is 30.4 Å². The van der Waals surface area contributed by atoms with Gasteiger partial charge < -0.3 is 10.2 Å². The molecule has 0 saturated carbocycles. The van der Waals surface area contributed by atoms with Crippen LogP contribution >= 0.6 is 0 Å². The van der Waals surface area contributed by atoms with Gasteiger partial charge in [0.1, 0.15) is 5.82 Å². The second kappa shape index (κ2) is 6.88. The summed E-state index contributed by atoms with van der Waals surface area (Å²) in [6, 6.07) is 5.46. The summed E-state index contributed by atoms with van der Waals surface area (Å²) in [5.41, 5.74) is 1.67. The maximum atomic E-state index is 12.1. The van der Waals surface area contributed by atoms with E-state index in [0.29, 0.717) is 6.54 Å². The van der Waals surface area contributed by atoms with E-state index in [1.54, 1.807) is 18.5 Å². The average molecular weight is 287 g/mol. The van der Waals surface area contributed by atoms with Gasteiger partial charge in [-0.15, -0.1) is 0 Å². The van der Waals surface area contributed by atoms with Crippen molar-refractivity contribution < 1.29 is 0 Å². The predicted molar refractivity (Wildman–Crippen MR) is 84.9 cm³/mol. The van der Waals surface area contributed by atoms with Crippen LogP contribution in [-0.2, 0) is 6.54 Å². The lowest BCUT2D eigenvalue weighted by molar-refractivity contribution is 0.636. The van der Waals surface area contributed by atoms with E-state index >= 15 is 0 Å². The molecular formula is C15H21N5O. The topological polar surface area (TPSA) is 63.1 Å². The van der Waals surface area contributed by atoms with Crippen LogP contribution in [0, 0.1) is 0 Å². The number of hydrogen-bond donors (Lipinski definition) is 1. The van der Waals surface area contributed by atoms with E-state index in [1.165, 1.54) is 4.68 Å². The third-order valence-corrected chi connectivity index (χ3v) is 3.29. The molecule has 0 aliphatic rings. The predicted octanol–water partition coefficient (Wildman–Crippen LogP) is 1.57. The van der Waals surface area contributed by atoms with Crippen molar-refractivity contribution in [3.63, 3.8) is 0 Å². The highest BCUT2D eigenvalue weighted by Crippen LogP contribution is 2.08. The lowest BCUT2D eigenvalue weighted by Gasteiger charge is -2.16. The van der Waals surface area contributed by atoms with Gasteiger partial charge in [0.25, 0.3) is 5.56 Å². The second-order valence-electron chi connectivity index (χ2n) is 4.81. The zero-order chi connectivity index (χ0) is 15.2. The summed E-state index contributed by atoms with van der Waals surface area (Å²) in [6.45, 7) is 6.14. The molecule has 0 fully saturated rings. The zero-order valence-electron chi connectivity index (χ0n) is 12.7. The van der Waals surface area contributed by atoms with E-state index in [1.807, 2.05) is 37.9 Å². The molecule has 1 N–H and O–H groups in total. The van der Waals surface area contributed by atoms with Crippen LogP contribution in [0.5, 0.6) is 0 Å². The second-order valence-corrected chi connectivity index (χ2v) is 4.81. The molecule has 0 bridgehead atoms. The Balaban J connectivity index is 2.14. The molecule has 0 aromatic carbocycles. The third-order valence-electron chi connectivity index (χ3n) is 3.29. The summed E-state index contributed by atoms with van der Waals surface area (Å²) in [6.07, 6.45) is 3.48. The first kappa shape index (κ1) is 15.0. The highest BCUT2D eigenvalue weighted by Gasteiger charge is 2.04. The van der Waals surface area contributed by atoms with E-state index in [0.717, 1.165) is 30.2 Å². The molecule has 0 aliphatic heterocycles. The number of nitrogens with one attached hydrogen (secondary N) is 1. The number of hydrogen-bond acceptors (Lipinski definition) is 5. The number of pyridine rings is 1. The van der Waals surface area contributed by atoms with Gasteiger partial charge in [-0.1, -0.05) is 6.07 Å². The number of aromatic nitrogens is 3. The van der Waals surface area contributed by atoms with E-state index in [2.05, 4.69) is 15.4 Å². The normalized spacial score (nSPS) is 10.4. The fourth-order valence-electron chi connectivity index (χ4n) is 1.91. The Bertz CT molecular complexity index is 635. The molecule has 2 aromatic rings. The lowest BCUT2D eigenvalue weighted by Crippen LogP contribution is -2.26. The maximum Gasteiger partial charge on any atom is 0.269 e. The molecule has 0 aliphatic carbocycles. The van der Waals surface area contributed by atoms with Gasteiger partial charge in [-0.05, 0) is 25.5 Å². The minimum atomic E-state index is -0.108. The van der Waals surface area contributed by atoms with Crippen LogP contribution in [0.4, 0.5) is 11.5 Å². The van der Waals surface area contributed by atoms with Crippen molar-refractivity contribution in [1.29, 1.82) is 0 Å². The summed E-state index contributed by atoms with van der Waals surface area (Å²) in [5, 5.41) is 7.36. The van der Waals surface area contributed by atoms with E-state index in [-0.39, 0.29) is 5.56 Å². The first-order valence-electron chi connectivity index (χ1n) is 7.11. The Morgan fingerprint density at radius 1 is 1.29 bits per heavy atom. The molecule has 2 rings (SSSR count). The minimum absolute atomic E-state index is 0.108. The summed E-state index contributed by atoms with van der Waals surface area (Å²) in [4.78, 5) is 18.3. The molecule has 21 heavy (non-hydrogen) atoms. The Kier molecular flexibility index (Phi) is 4.92. The van der Waals surface area contributed by atoms with Gasteiger partial charge >= 0.3 is 0 Å². The number of nitrogens with zero attached hydrogens (tertiary/aromatic N) is 4. The van der Waals surface area contributed by atoms with Gasteiger partial charge in [0.15, 0.2) is 0 Å². The van der Waals surface area contributed by atoms with Gasteiger partial charge in [0.05, 0.1) is 18.4 Å². The molecular weight excluding hydrogens is 266 g/mol. The van der Waals surface area contributed by atoms with Gasteiger partial charge in [0, 0.05) is 32.4 Å². The van der Waals surface area contributed by atoms with Gasteiger partial charge in [0.2, 0.25) is 0 Å². The fraction of sp³-hybridized carbons (Fsp3) is 0.400. The highest BCUT2D eigenvalue weighted by atomic mass is 16.1. The monoisotopic (exact) mass is 287 g/mol. The van der Waals surface area contributed by atoms with Crippen LogP contribution < -0.4 is 15.8 Å². The summed E-state index contributed by atoms with van der Waals surface area (Å²) < 4.78 is 1.44. The van der Waals surface area contributed by atoms with E-state index in [9.17, 15) is 4.79 Å². The zero-order valence-corrected chi connectivity index (χ0v) is 12.7. The smallest absolute Gasteiger partial charge is 0.269 e. The molecule has 112 valence electrons. The molecule has 2 heterocycles. The summed E-state index contributed by atoms with van der Waals surface area (Å²) in [5.74, 6) is 0.835. The Hall–Kier alpha value is -2.37. The van der Waals surface area contributed by atoms with Crippen molar-refractivity contribution in [3.8, 4) is 0 Å². The Morgan fingerprint density at radius 2 is 2.10 bits per heavy atom. The maximum absolute atomic E-state index is 12.1. The first-order chi connectivity index (χ1) is 10.1. The average Bonchev–Trinajstić information content (AvgIpc) is 2.50. The van der Waals surface area contributed by atoms with Gasteiger partial charge in [-0.2, -0.15) is 5.10 Å². The van der Waals surface area contributed by atoms with E-state index < -0.39 is 0 Å². The van der Waals surface area contributed by atoms with E-state index in [4.69, 9.17) is 0 Å². The molecule has 0 radical (unpaired) electrons. The highest BCUT2D eigenvalue weighted by molar-refractivity contribution is 5.41. The van der Waals surface area contributed by atoms with Crippen LogP contribution in [0.2, 0.25) is 0 Å². The van der Waals surface area contributed by atoms with Crippen molar-refractivity contribution in [3.05, 3.63) is 46.5 Å². The molecule has 6 heteroatoms. The fourth-order valence-corrected chi connectivity index (χ4v) is 1.91. The molecule has 6 nitrogen and oxygen atoms in total. The molecule has 0 unspecified atom stereocenters. The molecule has 0 amide bonds. The number of anilines is 2.